The maximum absolute atomic E-state index is 6.20. The zero-order chi connectivity index (χ0) is 17.2. The van der Waals surface area contributed by atoms with E-state index in [0.29, 0.717) is 11.2 Å². The first-order chi connectivity index (χ1) is 12.2. The molecule has 0 unspecified atom stereocenters. The molecule has 2 fully saturated rings. The highest BCUT2D eigenvalue weighted by Crippen LogP contribution is 2.33. The third-order valence-electron chi connectivity index (χ3n) is 5.17. The number of nitrogens with zero attached hydrogens (tertiary/aromatic N) is 5. The number of piperazine rings is 1. The third kappa shape index (κ3) is 3.66. The molecule has 134 valence electrons. The Labute approximate surface area is 153 Å². The summed E-state index contributed by atoms with van der Waals surface area (Å²) in [4.78, 5) is 9.07. The second-order valence-corrected chi connectivity index (χ2v) is 7.25. The summed E-state index contributed by atoms with van der Waals surface area (Å²) >= 11 is 6.20. The van der Waals surface area contributed by atoms with Crippen molar-refractivity contribution in [1.29, 1.82) is 0 Å². The van der Waals surface area contributed by atoms with Gasteiger partial charge in [0.25, 0.3) is 0 Å². The molecule has 6 nitrogen and oxygen atoms in total. The molecule has 2 saturated heterocycles. The molecule has 4 heterocycles. The van der Waals surface area contributed by atoms with Gasteiger partial charge in [-0.3, -0.25) is 4.68 Å². The van der Waals surface area contributed by atoms with Crippen LogP contribution in [0.4, 0.5) is 5.69 Å². The standard InChI is InChI=1S/C18H24ClN5O/c1-22-4-6-23(7-5-22)17-10-18(19)20-12-16(17)14-11-21-24(13-14)15-2-8-25-9-3-15/h10-13,15H,2-9H2,1H3. The molecule has 7 heteroatoms. The molecule has 0 bridgehead atoms. The molecule has 0 N–H and O–H groups in total. The summed E-state index contributed by atoms with van der Waals surface area (Å²) in [6, 6.07) is 2.41. The van der Waals surface area contributed by atoms with Gasteiger partial charge in [-0.25, -0.2) is 4.98 Å². The minimum Gasteiger partial charge on any atom is -0.381 e. The molecule has 2 aliphatic heterocycles. The van der Waals surface area contributed by atoms with Gasteiger partial charge in [0, 0.05) is 68.6 Å². The van der Waals surface area contributed by atoms with Gasteiger partial charge in [-0.1, -0.05) is 11.6 Å². The Balaban J connectivity index is 1.62. The molecule has 25 heavy (non-hydrogen) atoms. The van der Waals surface area contributed by atoms with Crippen LogP contribution in [0, 0.1) is 0 Å². The van der Waals surface area contributed by atoms with Gasteiger partial charge >= 0.3 is 0 Å². The largest absolute Gasteiger partial charge is 0.381 e. The molecule has 0 aliphatic carbocycles. The zero-order valence-electron chi connectivity index (χ0n) is 14.6. The van der Waals surface area contributed by atoms with Crippen molar-refractivity contribution >= 4 is 17.3 Å². The van der Waals surface area contributed by atoms with Gasteiger partial charge in [-0.15, -0.1) is 0 Å². The Morgan fingerprint density at radius 2 is 1.88 bits per heavy atom. The van der Waals surface area contributed by atoms with Crippen molar-refractivity contribution in [3.05, 3.63) is 29.8 Å². The van der Waals surface area contributed by atoms with Crippen molar-refractivity contribution in [2.24, 2.45) is 0 Å². The highest BCUT2D eigenvalue weighted by Gasteiger charge is 2.21. The number of aromatic nitrogens is 3. The van der Waals surface area contributed by atoms with Crippen LogP contribution in [-0.2, 0) is 4.74 Å². The van der Waals surface area contributed by atoms with E-state index in [1.165, 1.54) is 0 Å². The first-order valence-electron chi connectivity index (χ1n) is 8.92. The second kappa shape index (κ2) is 7.32. The van der Waals surface area contributed by atoms with E-state index in [9.17, 15) is 0 Å². The highest BCUT2D eigenvalue weighted by molar-refractivity contribution is 6.29. The van der Waals surface area contributed by atoms with E-state index >= 15 is 0 Å². The topological polar surface area (TPSA) is 46.4 Å². The highest BCUT2D eigenvalue weighted by atomic mass is 35.5. The summed E-state index contributed by atoms with van der Waals surface area (Å²) in [5, 5.41) is 5.15. The number of hydrogen-bond donors (Lipinski definition) is 0. The Kier molecular flexibility index (Phi) is 4.92. The lowest BCUT2D eigenvalue weighted by Crippen LogP contribution is -2.44. The van der Waals surface area contributed by atoms with E-state index in [1.54, 1.807) is 0 Å². The molecule has 0 radical (unpaired) electrons. The molecule has 2 aromatic heterocycles. The molecule has 0 aromatic carbocycles. The number of likely N-dealkylation sites (N-methyl/N-ethyl adjacent to an activating group) is 1. The van der Waals surface area contributed by atoms with Crippen LogP contribution in [0.5, 0.6) is 0 Å². The molecule has 0 spiro atoms. The lowest BCUT2D eigenvalue weighted by atomic mass is 10.1. The van der Waals surface area contributed by atoms with Crippen LogP contribution in [0.3, 0.4) is 0 Å². The van der Waals surface area contributed by atoms with E-state index in [1.807, 2.05) is 18.5 Å². The van der Waals surface area contributed by atoms with Gasteiger partial charge in [-0.05, 0) is 26.0 Å². The fraction of sp³-hybridized carbons (Fsp3) is 0.556. The van der Waals surface area contributed by atoms with E-state index < -0.39 is 0 Å². The minimum atomic E-state index is 0.426. The second-order valence-electron chi connectivity index (χ2n) is 6.87. The first-order valence-corrected chi connectivity index (χ1v) is 9.30. The van der Waals surface area contributed by atoms with Crippen LogP contribution in [0.2, 0.25) is 5.15 Å². The quantitative estimate of drug-likeness (QED) is 0.786. The summed E-state index contributed by atoms with van der Waals surface area (Å²) in [5.41, 5.74) is 3.36. The Morgan fingerprint density at radius 1 is 1.12 bits per heavy atom. The van der Waals surface area contributed by atoms with Gasteiger partial charge in [-0.2, -0.15) is 5.10 Å². The van der Waals surface area contributed by atoms with E-state index in [0.717, 1.165) is 69.0 Å². The smallest absolute Gasteiger partial charge is 0.131 e. The monoisotopic (exact) mass is 361 g/mol. The molecule has 0 saturated carbocycles. The van der Waals surface area contributed by atoms with Crippen LogP contribution < -0.4 is 4.90 Å². The van der Waals surface area contributed by atoms with E-state index in [2.05, 4.69) is 37.8 Å². The normalized spacial score (nSPS) is 20.2. The van der Waals surface area contributed by atoms with Crippen LogP contribution in [0.15, 0.2) is 24.7 Å². The van der Waals surface area contributed by atoms with Gasteiger partial charge in [0.15, 0.2) is 0 Å². The van der Waals surface area contributed by atoms with Crippen LogP contribution >= 0.6 is 11.6 Å². The summed E-state index contributed by atoms with van der Waals surface area (Å²) in [7, 11) is 2.16. The molecule has 4 rings (SSSR count). The molecule has 2 aromatic rings. The Bertz CT molecular complexity index is 720. The van der Waals surface area contributed by atoms with Crippen molar-refractivity contribution < 1.29 is 4.74 Å². The summed E-state index contributed by atoms with van der Waals surface area (Å²) in [6.07, 6.45) is 8.00. The van der Waals surface area contributed by atoms with Gasteiger partial charge in [0.05, 0.1) is 12.2 Å². The van der Waals surface area contributed by atoms with Crippen LogP contribution in [-0.4, -0.2) is 66.1 Å². The molecule has 0 amide bonds. The third-order valence-corrected chi connectivity index (χ3v) is 5.38. The molecular weight excluding hydrogens is 338 g/mol. The maximum atomic E-state index is 6.20. The van der Waals surface area contributed by atoms with Gasteiger partial charge in [0.1, 0.15) is 5.15 Å². The molecule has 0 atom stereocenters. The number of halogens is 1. The number of pyridine rings is 1. The maximum Gasteiger partial charge on any atom is 0.131 e. The fourth-order valence-electron chi connectivity index (χ4n) is 3.58. The minimum absolute atomic E-state index is 0.426. The number of rotatable bonds is 3. The number of hydrogen-bond acceptors (Lipinski definition) is 5. The predicted octanol–water partition coefficient (Wildman–Crippen LogP) is 2.70. The van der Waals surface area contributed by atoms with Crippen LogP contribution in [0.25, 0.3) is 11.1 Å². The number of ether oxygens (including phenoxy) is 1. The van der Waals surface area contributed by atoms with E-state index in [4.69, 9.17) is 16.3 Å². The summed E-state index contributed by atoms with van der Waals surface area (Å²) in [6.45, 7) is 5.74. The van der Waals surface area contributed by atoms with Crippen molar-refractivity contribution in [3.63, 3.8) is 0 Å². The van der Waals surface area contributed by atoms with Crippen molar-refractivity contribution in [2.75, 3.05) is 51.3 Å². The SMILES string of the molecule is CN1CCN(c2cc(Cl)ncc2-c2cnn(C3CCOCC3)c2)CC1. The van der Waals surface area contributed by atoms with E-state index in [-0.39, 0.29) is 0 Å². The zero-order valence-corrected chi connectivity index (χ0v) is 15.3. The van der Waals surface area contributed by atoms with Gasteiger partial charge in [0.2, 0.25) is 0 Å². The Hall–Kier alpha value is -1.63. The van der Waals surface area contributed by atoms with Crippen LogP contribution in [0.1, 0.15) is 18.9 Å². The average molecular weight is 362 g/mol. The first kappa shape index (κ1) is 16.8. The van der Waals surface area contributed by atoms with Crippen molar-refractivity contribution in [2.45, 2.75) is 18.9 Å². The van der Waals surface area contributed by atoms with Crippen molar-refractivity contribution in [3.8, 4) is 11.1 Å². The lowest BCUT2D eigenvalue weighted by Gasteiger charge is -2.35. The number of anilines is 1. The molecular formula is C18H24ClN5O. The lowest BCUT2D eigenvalue weighted by molar-refractivity contribution is 0.0662. The molecule has 2 aliphatic rings. The summed E-state index contributed by atoms with van der Waals surface area (Å²) < 4.78 is 7.54. The Morgan fingerprint density at radius 3 is 2.64 bits per heavy atom. The van der Waals surface area contributed by atoms with Crippen molar-refractivity contribution in [1.82, 2.24) is 19.7 Å². The summed E-state index contributed by atoms with van der Waals surface area (Å²) in [5.74, 6) is 0. The fourth-order valence-corrected chi connectivity index (χ4v) is 3.73. The van der Waals surface area contributed by atoms with Gasteiger partial charge < -0.3 is 14.5 Å². The average Bonchev–Trinajstić information content (AvgIpc) is 3.13. The predicted molar refractivity (Wildman–Crippen MR) is 99.3 cm³/mol.